The number of carbonyl (C=O) groups is 1. The van der Waals surface area contributed by atoms with Crippen LogP contribution in [0.15, 0.2) is 0 Å². The van der Waals surface area contributed by atoms with Gasteiger partial charge in [0, 0.05) is 12.8 Å². The van der Waals surface area contributed by atoms with Crippen molar-refractivity contribution in [2.45, 2.75) is 0 Å². The first kappa shape index (κ1) is 18.5. The fraction of sp³-hybridized carbons (Fsp3) is 0.667. The van der Waals surface area contributed by atoms with Gasteiger partial charge in [0.2, 0.25) is 0 Å². The van der Waals surface area contributed by atoms with Crippen LogP contribution in [-0.4, -0.2) is 19.5 Å². The van der Waals surface area contributed by atoms with Crippen LogP contribution >= 0.6 is 17.1 Å². The van der Waals surface area contributed by atoms with Gasteiger partial charge in [-0.2, -0.15) is 0 Å². The summed E-state index contributed by atoms with van der Waals surface area (Å²) in [6.07, 6.45) is 0.0806. The Kier molecular flexibility index (Phi) is 15.0. The van der Waals surface area contributed by atoms with Crippen molar-refractivity contribution in [2.75, 3.05) is 13.4 Å². The quantitative estimate of drug-likeness (QED) is 0.506. The van der Waals surface area contributed by atoms with Gasteiger partial charge in [-0.1, -0.05) is 11.8 Å². The Morgan fingerprint density at radius 2 is 2.00 bits per heavy atom. The summed E-state index contributed by atoms with van der Waals surface area (Å²) in [5.74, 6) is 0. The van der Waals surface area contributed by atoms with Crippen molar-refractivity contribution in [1.29, 1.82) is 0 Å². The Labute approximate surface area is 89.9 Å². The van der Waals surface area contributed by atoms with Gasteiger partial charge in [-0.05, 0) is 6.26 Å². The van der Waals surface area contributed by atoms with E-state index in [-0.39, 0.29) is 16.5 Å². The first-order chi connectivity index (χ1) is 4.85. The van der Waals surface area contributed by atoms with Gasteiger partial charge in [0.15, 0.2) is 0 Å². The number of carboxylic acid groups (broad SMARTS) is 1. The second-order valence-electron chi connectivity index (χ2n) is 1.13. The van der Waals surface area contributed by atoms with Gasteiger partial charge in [0.25, 0.3) is 0 Å². The molecular weight excluding hydrogens is 268 g/mol. The fourth-order valence-corrected chi connectivity index (χ4v) is 0.671. The van der Waals surface area contributed by atoms with E-state index in [1.54, 1.807) is 6.26 Å². The van der Waals surface area contributed by atoms with Crippen LogP contribution in [0.3, 0.4) is 0 Å². The molecule has 0 spiro atoms. The Hall–Kier alpha value is 0.684. The minimum Gasteiger partial charge on any atom is -0.793 e. The van der Waals surface area contributed by atoms with Gasteiger partial charge >= 0.3 is 16.5 Å². The molecule has 0 aliphatic heterocycles. The number of rotatable bonds is 2. The maximum absolute atomic E-state index is 10.5. The summed E-state index contributed by atoms with van der Waals surface area (Å²) in [5, 5.41) is 8.67. The molecule has 76 valence electrons. The molecule has 1 atom stereocenters. The van der Waals surface area contributed by atoms with Gasteiger partial charge < -0.3 is 25.1 Å². The van der Waals surface area contributed by atoms with Crippen LogP contribution < -0.4 is 15.7 Å². The average Bonchev–Trinajstić information content (AvgIpc) is 1.87. The molecule has 1 unspecified atom stereocenters. The molecule has 0 heterocycles. The predicted molar refractivity (Wildman–Crippen MR) is 44.4 cm³/mol. The third kappa shape index (κ3) is 22.4. The van der Waals surface area contributed by atoms with Crippen molar-refractivity contribution in [3.05, 3.63) is 0 Å². The van der Waals surface area contributed by atoms with E-state index in [9.17, 15) is 4.89 Å². The Morgan fingerprint density at radius 1 is 1.75 bits per heavy atom. The molecular formula is C3H8NNiO4PS2. The largest absolute Gasteiger partial charge is 2.00 e. The van der Waals surface area contributed by atoms with Crippen molar-refractivity contribution < 1.29 is 35.8 Å². The number of primary amides is 1. The number of hydrogen-bond donors (Lipinski definition) is 1. The molecule has 0 aliphatic carbocycles. The molecule has 12 heavy (non-hydrogen) atoms. The summed E-state index contributed by atoms with van der Waals surface area (Å²) in [5.41, 5.74) is 1.26. The minimum atomic E-state index is -2.65. The van der Waals surface area contributed by atoms with Crippen molar-refractivity contribution in [3.63, 3.8) is 0 Å². The van der Waals surface area contributed by atoms with Crippen molar-refractivity contribution in [3.8, 4) is 0 Å². The Balaban J connectivity index is -0.000000142. The third-order valence-electron chi connectivity index (χ3n) is 0.447. The molecule has 0 bridgehead atoms. The fourth-order valence-electron chi connectivity index (χ4n) is 0.0745. The van der Waals surface area contributed by atoms with E-state index in [4.69, 9.17) is 9.90 Å². The maximum atomic E-state index is 10.5. The summed E-state index contributed by atoms with van der Waals surface area (Å²) >= 11 is 5.52. The molecule has 2 N–H and O–H groups in total. The second kappa shape index (κ2) is 9.77. The van der Waals surface area contributed by atoms with Gasteiger partial charge in [-0.15, -0.1) is 11.4 Å². The van der Waals surface area contributed by atoms with Crippen molar-refractivity contribution in [1.82, 2.24) is 0 Å². The van der Waals surface area contributed by atoms with E-state index in [1.807, 2.05) is 0 Å². The van der Waals surface area contributed by atoms with E-state index in [1.165, 1.54) is 7.11 Å². The zero-order valence-corrected chi connectivity index (χ0v) is 9.81. The average molecular weight is 276 g/mol. The number of carbonyl (C=O) groups excluding carboxylic acids is 1. The first-order valence-electron chi connectivity index (χ1n) is 2.24. The van der Waals surface area contributed by atoms with E-state index in [0.717, 1.165) is 11.4 Å². The summed E-state index contributed by atoms with van der Waals surface area (Å²) in [6, 6.07) is 0. The third-order valence-corrected chi connectivity index (χ3v) is 4.92. The molecule has 0 aromatic heterocycles. The monoisotopic (exact) mass is 275 g/mol. The standard InChI is InChI=1S/C2H7O2PS2.CH3NO2.Ni/c1-4-5(3,6)7-2;2-1(3)4;/h1-2H3,(H,3,6);2H2,(H,3,4);/q;;+2/p-2. The minimum absolute atomic E-state index is 0. The predicted octanol–water partition coefficient (Wildman–Crippen LogP) is -1.13. The van der Waals surface area contributed by atoms with E-state index in [2.05, 4.69) is 22.1 Å². The van der Waals surface area contributed by atoms with Crippen LogP contribution in [0.4, 0.5) is 4.79 Å². The van der Waals surface area contributed by atoms with Gasteiger partial charge in [0.05, 0.1) is 0 Å². The van der Waals surface area contributed by atoms with Crippen molar-refractivity contribution >= 4 is 35.0 Å². The topological polar surface area (TPSA) is 98.4 Å². The number of nitrogens with two attached hydrogens (primary N) is 1. The van der Waals surface area contributed by atoms with E-state index in [0.29, 0.717) is 0 Å². The number of hydrogen-bond acceptors (Lipinski definition) is 6. The molecule has 0 aliphatic rings. The number of amides is 1. The van der Waals surface area contributed by atoms with Crippen LogP contribution in [0.1, 0.15) is 0 Å². The normalized spacial score (nSPS) is 12.9. The molecule has 9 heteroatoms. The van der Waals surface area contributed by atoms with Crippen LogP contribution in [0, 0.1) is 0 Å². The zero-order chi connectivity index (χ0) is 9.49. The smallest absolute Gasteiger partial charge is 0.793 e. The SMILES string of the molecule is COP([O-])(=S)SC.NC(=O)[O-].[Ni+2]. The van der Waals surface area contributed by atoms with Crippen LogP contribution in [0.2, 0.25) is 0 Å². The van der Waals surface area contributed by atoms with Gasteiger partial charge in [-0.3, -0.25) is 0 Å². The molecule has 0 aromatic carbocycles. The summed E-state index contributed by atoms with van der Waals surface area (Å²) in [6.45, 7) is 0. The second-order valence-corrected chi connectivity index (χ2v) is 7.43. The Morgan fingerprint density at radius 3 is 2.00 bits per heavy atom. The molecule has 1 amide bonds. The maximum Gasteiger partial charge on any atom is 2.00 e. The summed E-state index contributed by atoms with van der Waals surface area (Å²) < 4.78 is 4.42. The van der Waals surface area contributed by atoms with E-state index < -0.39 is 11.8 Å². The molecule has 0 aromatic rings. The van der Waals surface area contributed by atoms with Gasteiger partial charge in [-0.25, -0.2) is 0 Å². The van der Waals surface area contributed by atoms with Crippen LogP contribution in [-0.2, 0) is 32.8 Å². The molecule has 0 saturated carbocycles. The molecule has 0 radical (unpaired) electrons. The van der Waals surface area contributed by atoms with Crippen molar-refractivity contribution in [2.24, 2.45) is 5.73 Å². The van der Waals surface area contributed by atoms with Crippen LogP contribution in [0.5, 0.6) is 0 Å². The molecule has 0 rings (SSSR count). The molecule has 5 nitrogen and oxygen atoms in total. The molecule has 0 fully saturated rings. The van der Waals surface area contributed by atoms with Crippen LogP contribution in [0.25, 0.3) is 0 Å². The van der Waals surface area contributed by atoms with E-state index >= 15 is 0 Å². The summed E-state index contributed by atoms with van der Waals surface area (Å²) in [4.78, 5) is 19.2. The zero-order valence-electron chi connectivity index (χ0n) is 6.29. The first-order valence-corrected chi connectivity index (χ1v) is 6.71. The molecule has 0 saturated heterocycles. The van der Waals surface area contributed by atoms with Gasteiger partial charge in [0.1, 0.15) is 6.09 Å². The Bertz CT molecular complexity index is 156. The summed E-state index contributed by atoms with van der Waals surface area (Å²) in [7, 11) is 1.35.